The average molecular weight is 414 g/mol. The van der Waals surface area contributed by atoms with Crippen LogP contribution < -0.4 is 15.4 Å². The highest BCUT2D eigenvalue weighted by atomic mass is 32.1. The number of pyridine rings is 1. The van der Waals surface area contributed by atoms with E-state index in [9.17, 15) is 15.2 Å². The predicted molar refractivity (Wildman–Crippen MR) is 120 cm³/mol. The van der Waals surface area contributed by atoms with E-state index in [1.165, 1.54) is 4.57 Å². The number of aromatic nitrogens is 1. The molecule has 0 aliphatic carbocycles. The minimum Gasteiger partial charge on any atom is -0.494 e. The van der Waals surface area contributed by atoms with Crippen LogP contribution in [0.1, 0.15) is 34.1 Å². The number of nitriles is 1. The Morgan fingerprint density at radius 3 is 2.70 bits per heavy atom. The minimum atomic E-state index is -0.474. The van der Waals surface area contributed by atoms with Crippen molar-refractivity contribution in [1.82, 2.24) is 4.57 Å². The zero-order valence-electron chi connectivity index (χ0n) is 16.6. The van der Waals surface area contributed by atoms with Gasteiger partial charge in [-0.1, -0.05) is 36.4 Å². The first-order valence-electron chi connectivity index (χ1n) is 9.53. The maximum Gasteiger partial charge on any atom is 0.271 e. The number of rotatable bonds is 4. The standard InChI is InChI=1S/C24H19N3O2S/c1-3-27-23(28)19(15(2)20(14-25)24(27)29)11-17-12-22-21(26-17)13-18(30-22)10-9-16-7-5-4-6-8-16/h4-13,28H,3H2,1-2H3/b10-9+,17-11?. The van der Waals surface area contributed by atoms with Crippen LogP contribution in [0, 0.1) is 18.3 Å². The lowest BCUT2D eigenvalue weighted by molar-refractivity contribution is 0.409. The van der Waals surface area contributed by atoms with Gasteiger partial charge in [-0.05, 0) is 49.3 Å². The highest BCUT2D eigenvalue weighted by Crippen LogP contribution is 2.25. The number of fused-ring (bicyclic) bond motifs is 1. The number of hydrogen-bond acceptors (Lipinski definition) is 5. The number of thiophene rings is 1. The molecule has 0 atom stereocenters. The molecule has 0 spiro atoms. The molecule has 1 N–H and O–H groups in total. The average Bonchev–Trinajstić information content (AvgIpc) is 3.29. The van der Waals surface area contributed by atoms with E-state index in [0.29, 0.717) is 16.8 Å². The Kier molecular flexibility index (Phi) is 5.21. The van der Waals surface area contributed by atoms with Crippen LogP contribution in [0.4, 0.5) is 0 Å². The molecular formula is C24H19N3O2S. The molecule has 3 aromatic rings. The molecule has 1 aliphatic rings. The SMILES string of the molecule is CCn1c(O)c(C=C2C=c3sc(/C=C/c4ccccc4)cc3=N2)c(C)c(C#N)c1=O. The number of aromatic hydroxyl groups is 1. The normalized spacial score (nSPS) is 13.8. The van der Waals surface area contributed by atoms with Gasteiger partial charge in [0.2, 0.25) is 5.88 Å². The quantitative estimate of drug-likeness (QED) is 0.712. The topological polar surface area (TPSA) is 78.4 Å². The van der Waals surface area contributed by atoms with Gasteiger partial charge in [0.15, 0.2) is 0 Å². The molecule has 0 saturated carbocycles. The van der Waals surface area contributed by atoms with Crippen molar-refractivity contribution in [3.05, 3.63) is 89.5 Å². The second kappa shape index (κ2) is 7.97. The van der Waals surface area contributed by atoms with Crippen LogP contribution in [0.15, 0.2) is 51.9 Å². The Labute approximate surface area is 177 Å². The van der Waals surface area contributed by atoms with Crippen molar-refractivity contribution >= 4 is 35.6 Å². The Bertz CT molecular complexity index is 1380. The Morgan fingerprint density at radius 2 is 2.03 bits per heavy atom. The van der Waals surface area contributed by atoms with Crippen molar-refractivity contribution in [1.29, 1.82) is 5.26 Å². The van der Waals surface area contributed by atoms with E-state index in [0.717, 1.165) is 20.3 Å². The Balaban J connectivity index is 1.71. The first-order chi connectivity index (χ1) is 14.5. The highest BCUT2D eigenvalue weighted by Gasteiger charge is 2.17. The summed E-state index contributed by atoms with van der Waals surface area (Å²) in [4.78, 5) is 18.1. The van der Waals surface area contributed by atoms with Crippen molar-refractivity contribution in [2.24, 2.45) is 4.99 Å². The van der Waals surface area contributed by atoms with Crippen LogP contribution in [0.3, 0.4) is 0 Å². The maximum absolute atomic E-state index is 12.3. The second-order valence-electron chi connectivity index (χ2n) is 6.87. The molecule has 0 fully saturated rings. The van der Waals surface area contributed by atoms with Gasteiger partial charge in [0.25, 0.3) is 5.56 Å². The van der Waals surface area contributed by atoms with Gasteiger partial charge in [0.05, 0.1) is 15.6 Å². The Hall–Kier alpha value is -3.69. The molecule has 0 saturated heterocycles. The van der Waals surface area contributed by atoms with E-state index >= 15 is 0 Å². The lowest BCUT2D eigenvalue weighted by Gasteiger charge is -2.12. The van der Waals surface area contributed by atoms with Crippen molar-refractivity contribution in [2.75, 3.05) is 0 Å². The third kappa shape index (κ3) is 3.51. The number of allylic oxidation sites excluding steroid dienone is 1. The van der Waals surface area contributed by atoms with E-state index in [1.54, 1.807) is 31.3 Å². The van der Waals surface area contributed by atoms with E-state index in [1.807, 2.05) is 36.4 Å². The van der Waals surface area contributed by atoms with Crippen LogP contribution >= 0.6 is 11.3 Å². The van der Waals surface area contributed by atoms with Crippen molar-refractivity contribution in [3.63, 3.8) is 0 Å². The molecule has 30 heavy (non-hydrogen) atoms. The molecule has 1 aromatic carbocycles. The molecule has 5 nitrogen and oxygen atoms in total. The van der Waals surface area contributed by atoms with Gasteiger partial charge in [-0.15, -0.1) is 11.3 Å². The number of hydrogen-bond donors (Lipinski definition) is 1. The summed E-state index contributed by atoms with van der Waals surface area (Å²) < 4.78 is 2.24. The third-order valence-corrected chi connectivity index (χ3v) is 6.02. The third-order valence-electron chi connectivity index (χ3n) is 4.98. The maximum atomic E-state index is 12.3. The zero-order valence-corrected chi connectivity index (χ0v) is 17.4. The highest BCUT2D eigenvalue weighted by molar-refractivity contribution is 7.10. The first-order valence-corrected chi connectivity index (χ1v) is 10.3. The molecule has 0 unspecified atom stereocenters. The number of benzene rings is 1. The molecule has 1 aliphatic heterocycles. The minimum absolute atomic E-state index is 0.0441. The smallest absolute Gasteiger partial charge is 0.271 e. The van der Waals surface area contributed by atoms with Gasteiger partial charge in [-0.25, -0.2) is 4.99 Å². The van der Waals surface area contributed by atoms with Crippen molar-refractivity contribution < 1.29 is 5.11 Å². The summed E-state index contributed by atoms with van der Waals surface area (Å²) in [6.45, 7) is 3.70. The fourth-order valence-electron chi connectivity index (χ4n) is 3.39. The fraction of sp³-hybridized carbons (Fsp3) is 0.125. The second-order valence-corrected chi connectivity index (χ2v) is 7.98. The summed E-state index contributed by atoms with van der Waals surface area (Å²) >= 11 is 1.63. The molecule has 3 heterocycles. The summed E-state index contributed by atoms with van der Waals surface area (Å²) in [7, 11) is 0. The molecular weight excluding hydrogens is 394 g/mol. The van der Waals surface area contributed by atoms with E-state index in [2.05, 4.69) is 29.3 Å². The van der Waals surface area contributed by atoms with Crippen LogP contribution in [0.25, 0.3) is 24.3 Å². The Morgan fingerprint density at radius 1 is 1.27 bits per heavy atom. The van der Waals surface area contributed by atoms with Crippen LogP contribution in [0.5, 0.6) is 5.88 Å². The van der Waals surface area contributed by atoms with E-state index in [-0.39, 0.29) is 18.0 Å². The van der Waals surface area contributed by atoms with E-state index in [4.69, 9.17) is 0 Å². The summed E-state index contributed by atoms with van der Waals surface area (Å²) in [6.07, 6.45) is 7.81. The molecule has 4 rings (SSSR count). The number of nitrogens with zero attached hydrogens (tertiary/aromatic N) is 3. The largest absolute Gasteiger partial charge is 0.494 e. The van der Waals surface area contributed by atoms with Gasteiger partial charge in [0.1, 0.15) is 11.6 Å². The summed E-state index contributed by atoms with van der Waals surface area (Å²) in [5, 5.41) is 20.8. The van der Waals surface area contributed by atoms with Crippen molar-refractivity contribution in [3.8, 4) is 11.9 Å². The van der Waals surface area contributed by atoms with Crippen LogP contribution in [-0.4, -0.2) is 9.67 Å². The van der Waals surface area contributed by atoms with Crippen LogP contribution in [0.2, 0.25) is 0 Å². The summed E-state index contributed by atoms with van der Waals surface area (Å²) in [6, 6.07) is 14.1. The monoisotopic (exact) mass is 413 g/mol. The van der Waals surface area contributed by atoms with Crippen LogP contribution in [-0.2, 0) is 6.54 Å². The lowest BCUT2D eigenvalue weighted by atomic mass is 10.0. The van der Waals surface area contributed by atoms with Gasteiger partial charge in [-0.2, -0.15) is 5.26 Å². The molecule has 2 aromatic heterocycles. The van der Waals surface area contributed by atoms with Gasteiger partial charge in [0, 0.05) is 17.0 Å². The first kappa shape index (κ1) is 19.6. The molecule has 0 radical (unpaired) electrons. The molecule has 6 heteroatoms. The van der Waals surface area contributed by atoms with Crippen molar-refractivity contribution in [2.45, 2.75) is 20.4 Å². The molecule has 148 valence electrons. The predicted octanol–water partition coefficient (Wildman–Crippen LogP) is 3.44. The molecule has 0 bridgehead atoms. The van der Waals surface area contributed by atoms with Gasteiger partial charge < -0.3 is 5.11 Å². The lowest BCUT2D eigenvalue weighted by Crippen LogP contribution is -2.24. The molecule has 0 amide bonds. The van der Waals surface area contributed by atoms with Gasteiger partial charge in [-0.3, -0.25) is 9.36 Å². The van der Waals surface area contributed by atoms with Gasteiger partial charge >= 0.3 is 0 Å². The summed E-state index contributed by atoms with van der Waals surface area (Å²) in [5.41, 5.74) is 2.29. The van der Waals surface area contributed by atoms with E-state index < -0.39 is 5.56 Å². The summed E-state index contributed by atoms with van der Waals surface area (Å²) in [5.74, 6) is -0.142. The zero-order chi connectivity index (χ0) is 21.3. The fourth-order valence-corrected chi connectivity index (χ4v) is 4.34.